The second kappa shape index (κ2) is 16.6. The zero-order valence-corrected chi connectivity index (χ0v) is 41.7. The Balaban J connectivity index is 0.935. The fourth-order valence-corrected chi connectivity index (χ4v) is 12.8. The normalized spacial score (nSPS) is 12.1. The molecule has 0 aliphatic rings. The van der Waals surface area contributed by atoms with E-state index in [1.807, 2.05) is 36.9 Å². The van der Waals surface area contributed by atoms with E-state index in [2.05, 4.69) is 196 Å². The van der Waals surface area contributed by atoms with E-state index in [0.29, 0.717) is 0 Å². The molecule has 6 aromatic carbocycles. The van der Waals surface area contributed by atoms with E-state index >= 15 is 0 Å². The molecule has 0 saturated heterocycles. The summed E-state index contributed by atoms with van der Waals surface area (Å²) in [6.45, 7) is 18.4. The number of hydrogen-bond donors (Lipinski definition) is 0. The Hall–Kier alpha value is -7.67. The number of hydrogen-bond acceptors (Lipinski definition) is 6. The molecule has 334 valence electrons. The Morgan fingerprint density at radius 2 is 0.765 bits per heavy atom. The summed E-state index contributed by atoms with van der Waals surface area (Å²) in [7, 11) is -3.68. The second-order valence-electron chi connectivity index (χ2n) is 19.9. The van der Waals surface area contributed by atoms with Gasteiger partial charge in [-0.05, 0) is 110 Å². The third-order valence-corrected chi connectivity index (χ3v) is 16.9. The minimum Gasteiger partial charge on any atom is -0.457 e. The third kappa shape index (κ3) is 7.85. The molecule has 0 unspecified atom stereocenters. The van der Waals surface area contributed by atoms with E-state index in [4.69, 9.17) is 29.4 Å². The van der Waals surface area contributed by atoms with Gasteiger partial charge < -0.3 is 9.47 Å². The van der Waals surface area contributed by atoms with Gasteiger partial charge in [0, 0.05) is 57.2 Å². The van der Waals surface area contributed by atoms with E-state index in [0.717, 1.165) is 101 Å². The van der Waals surface area contributed by atoms with Crippen molar-refractivity contribution in [1.29, 1.82) is 0 Å². The van der Waals surface area contributed by atoms with Crippen LogP contribution in [-0.4, -0.2) is 45.2 Å². The topological polar surface area (TPSA) is 79.9 Å². The molecule has 0 atom stereocenters. The van der Waals surface area contributed by atoms with Crippen LogP contribution < -0.4 is 19.8 Å². The lowest BCUT2D eigenvalue weighted by atomic mass is 10.1. The Kier molecular flexibility index (Phi) is 10.5. The predicted molar refractivity (Wildman–Crippen MR) is 286 cm³/mol. The van der Waals surface area contributed by atoms with Gasteiger partial charge in [-0.3, -0.25) is 19.1 Å². The molecule has 11 aromatic rings. The Morgan fingerprint density at radius 1 is 0.382 bits per heavy atom. The minimum atomic E-state index is -1.84. The van der Waals surface area contributed by atoms with E-state index in [9.17, 15) is 0 Å². The predicted octanol–water partition coefficient (Wildman–Crippen LogP) is 14.1. The van der Waals surface area contributed by atoms with Crippen LogP contribution in [0.2, 0.25) is 39.3 Å². The fourth-order valence-electron chi connectivity index (χ4n) is 9.59. The first-order valence-electron chi connectivity index (χ1n) is 23.2. The van der Waals surface area contributed by atoms with Crippen LogP contribution in [0.1, 0.15) is 11.1 Å². The van der Waals surface area contributed by atoms with Crippen molar-refractivity contribution in [2.75, 3.05) is 0 Å². The van der Waals surface area contributed by atoms with Crippen molar-refractivity contribution in [3.05, 3.63) is 182 Å². The SMILES string of the molecule is Cc1ccnc(-n2c3ccccc3c3ccc(Oc4ccc([Si](C)(C)C)c(-c5cnc(-c6cc(Oc7ccc8c9ccccc9n(-c9cc(C)ccn9)c8c7)ccc6[Si](C)(C)C)cn5)c4)cc32)c1. The van der Waals surface area contributed by atoms with Crippen molar-refractivity contribution in [3.8, 4) is 57.1 Å². The molecular formula is C58H52N6O2Si2. The molecule has 0 fully saturated rings. The Bertz CT molecular complexity index is 3500. The smallest absolute Gasteiger partial charge is 0.137 e. The minimum absolute atomic E-state index is 0.739. The summed E-state index contributed by atoms with van der Waals surface area (Å²) in [5.74, 6) is 4.72. The zero-order valence-electron chi connectivity index (χ0n) is 39.7. The highest BCUT2D eigenvalue weighted by atomic mass is 28.3. The van der Waals surface area contributed by atoms with Crippen LogP contribution in [0, 0.1) is 13.8 Å². The molecule has 0 bridgehead atoms. The van der Waals surface area contributed by atoms with Gasteiger partial charge in [0.25, 0.3) is 0 Å². The lowest BCUT2D eigenvalue weighted by molar-refractivity contribution is 0.483. The standard InChI is InChI=1S/C58H52N6O2Si2/c1-37-25-27-59-57(29-37)63-51-15-11-9-13-43(51)45-21-17-41(33-53(45)63)65-39-19-23-55(67(3,4)5)47(31-39)49-35-62-50(36-61-49)48-32-40(20-24-56(48)68(6,7)8)66-42-18-22-46-44-14-10-12-16-52(44)64(54(46)34-42)58-30-38(2)26-28-60-58/h9-36H,1-8H3. The van der Waals surface area contributed by atoms with Gasteiger partial charge in [-0.2, -0.15) is 0 Å². The molecule has 0 aliphatic carbocycles. The summed E-state index contributed by atoms with van der Waals surface area (Å²) in [5, 5.41) is 7.22. The van der Waals surface area contributed by atoms with E-state index in [-0.39, 0.29) is 0 Å². The van der Waals surface area contributed by atoms with Gasteiger partial charge in [0.1, 0.15) is 34.6 Å². The summed E-state index contributed by atoms with van der Waals surface area (Å²) in [5.41, 5.74) is 10.3. The number of aromatic nitrogens is 6. The zero-order chi connectivity index (χ0) is 46.9. The molecule has 8 nitrogen and oxygen atoms in total. The van der Waals surface area contributed by atoms with Gasteiger partial charge in [0.05, 0.1) is 62.0 Å². The van der Waals surface area contributed by atoms with Gasteiger partial charge in [-0.1, -0.05) is 98.2 Å². The maximum absolute atomic E-state index is 6.73. The van der Waals surface area contributed by atoms with Crippen molar-refractivity contribution in [2.45, 2.75) is 53.1 Å². The molecule has 0 spiro atoms. The monoisotopic (exact) mass is 920 g/mol. The largest absolute Gasteiger partial charge is 0.457 e. The summed E-state index contributed by atoms with van der Waals surface area (Å²) < 4.78 is 17.9. The molecule has 68 heavy (non-hydrogen) atoms. The lowest BCUT2D eigenvalue weighted by Gasteiger charge is -2.23. The third-order valence-electron chi connectivity index (χ3n) is 12.8. The maximum Gasteiger partial charge on any atom is 0.137 e. The van der Waals surface area contributed by atoms with Crippen LogP contribution in [-0.2, 0) is 0 Å². The Labute approximate surface area is 398 Å². The molecule has 5 aromatic heterocycles. The van der Waals surface area contributed by atoms with Gasteiger partial charge in [0.15, 0.2) is 0 Å². The van der Waals surface area contributed by atoms with Crippen molar-refractivity contribution in [3.63, 3.8) is 0 Å². The van der Waals surface area contributed by atoms with Crippen molar-refractivity contribution in [1.82, 2.24) is 29.1 Å². The highest BCUT2D eigenvalue weighted by Gasteiger charge is 2.26. The molecular weight excluding hydrogens is 869 g/mol. The van der Waals surface area contributed by atoms with Crippen molar-refractivity contribution < 1.29 is 9.47 Å². The van der Waals surface area contributed by atoms with Crippen LogP contribution in [0.3, 0.4) is 0 Å². The van der Waals surface area contributed by atoms with Gasteiger partial charge in [-0.15, -0.1) is 0 Å². The van der Waals surface area contributed by atoms with Crippen molar-refractivity contribution in [2.24, 2.45) is 0 Å². The molecule has 0 saturated carbocycles. The molecule has 11 rings (SSSR count). The number of benzene rings is 6. The van der Waals surface area contributed by atoms with Gasteiger partial charge in [0.2, 0.25) is 0 Å². The average molecular weight is 921 g/mol. The Morgan fingerprint density at radius 3 is 1.16 bits per heavy atom. The summed E-state index contributed by atoms with van der Waals surface area (Å²) in [6.07, 6.45) is 7.58. The highest BCUT2D eigenvalue weighted by molar-refractivity contribution is 6.90. The molecule has 10 heteroatoms. The first kappa shape index (κ1) is 42.9. The number of nitrogens with zero attached hydrogens (tertiary/aromatic N) is 6. The second-order valence-corrected chi connectivity index (χ2v) is 29.9. The number of fused-ring (bicyclic) bond motifs is 6. The quantitative estimate of drug-likeness (QED) is 0.127. The van der Waals surface area contributed by atoms with Crippen LogP contribution in [0.25, 0.3) is 77.8 Å². The molecule has 0 radical (unpaired) electrons. The van der Waals surface area contributed by atoms with Gasteiger partial charge >= 0.3 is 0 Å². The van der Waals surface area contributed by atoms with E-state index in [1.54, 1.807) is 0 Å². The highest BCUT2D eigenvalue weighted by Crippen LogP contribution is 2.38. The first-order chi connectivity index (χ1) is 32.8. The van der Waals surface area contributed by atoms with Crippen LogP contribution >= 0.6 is 0 Å². The number of pyridine rings is 2. The first-order valence-corrected chi connectivity index (χ1v) is 30.2. The number of rotatable bonds is 10. The number of ether oxygens (including phenoxy) is 2. The van der Waals surface area contributed by atoms with Crippen LogP contribution in [0.5, 0.6) is 23.0 Å². The van der Waals surface area contributed by atoms with Gasteiger partial charge in [-0.25, -0.2) is 9.97 Å². The number of para-hydroxylation sites is 2. The van der Waals surface area contributed by atoms with E-state index in [1.165, 1.54) is 21.1 Å². The summed E-state index contributed by atoms with van der Waals surface area (Å²) in [4.78, 5) is 19.9. The molecule has 5 heterocycles. The van der Waals surface area contributed by atoms with E-state index < -0.39 is 16.1 Å². The fraction of sp³-hybridized carbons (Fsp3) is 0.138. The average Bonchev–Trinajstić information content (AvgIpc) is 3.83. The number of aryl methyl sites for hydroxylation is 2. The summed E-state index contributed by atoms with van der Waals surface area (Å²) in [6, 6.07) is 50.8. The summed E-state index contributed by atoms with van der Waals surface area (Å²) >= 11 is 0. The lowest BCUT2D eigenvalue weighted by Crippen LogP contribution is -2.39. The molecule has 0 aliphatic heterocycles. The van der Waals surface area contributed by atoms with Crippen LogP contribution in [0.4, 0.5) is 0 Å². The van der Waals surface area contributed by atoms with Crippen LogP contribution in [0.15, 0.2) is 170 Å². The molecule has 0 amide bonds. The molecule has 0 N–H and O–H groups in total. The maximum atomic E-state index is 6.73. The van der Waals surface area contributed by atoms with Crippen molar-refractivity contribution >= 4 is 70.1 Å².